The first-order valence-corrected chi connectivity index (χ1v) is 7.91. The van der Waals surface area contributed by atoms with E-state index in [-0.39, 0.29) is 18.2 Å². The van der Waals surface area contributed by atoms with Crippen LogP contribution in [0.5, 0.6) is 0 Å². The lowest BCUT2D eigenvalue weighted by Crippen LogP contribution is -2.23. The number of carbonyl (C=O) groups excluding carboxylic acids is 1. The number of carbonyl (C=O) groups is 1. The van der Waals surface area contributed by atoms with Crippen molar-refractivity contribution in [3.63, 3.8) is 0 Å². The van der Waals surface area contributed by atoms with E-state index in [0.29, 0.717) is 12.2 Å². The first kappa shape index (κ1) is 15.5. The molecule has 0 aliphatic heterocycles. The Bertz CT molecular complexity index is 649. The molecule has 0 bridgehead atoms. The molecule has 0 aromatic heterocycles. The van der Waals surface area contributed by atoms with Crippen LogP contribution in [-0.4, -0.2) is 18.2 Å². The van der Waals surface area contributed by atoms with Crippen LogP contribution in [0.2, 0.25) is 0 Å². The molecule has 3 heteroatoms. The zero-order valence-corrected chi connectivity index (χ0v) is 12.9. The molecular weight excluding hydrogens is 288 g/mol. The van der Waals surface area contributed by atoms with Crippen LogP contribution in [0.3, 0.4) is 0 Å². The Balaban J connectivity index is 1.47. The van der Waals surface area contributed by atoms with E-state index in [0.717, 1.165) is 12.8 Å². The minimum Gasteiger partial charge on any atom is -0.455 e. The van der Waals surface area contributed by atoms with E-state index >= 15 is 0 Å². The minimum atomic E-state index is -0.274. The topological polar surface area (TPSA) is 35.5 Å². The normalized spacial score (nSPS) is 20.2. The standard InChI is InChI=1S/C20H20O3/c21-20(17-9-5-2-6-10-17)23-19-13-11-18(12-14-19)22-15-16-7-3-1-4-8-16/h1-11,13,18-19H,12,14-15H2/t18-,19-/m0/s1. The molecule has 0 fully saturated rings. The summed E-state index contributed by atoms with van der Waals surface area (Å²) in [5, 5.41) is 0. The van der Waals surface area contributed by atoms with Gasteiger partial charge in [0, 0.05) is 0 Å². The Morgan fingerprint density at radius 1 is 0.870 bits per heavy atom. The number of ether oxygens (including phenoxy) is 2. The molecule has 0 saturated carbocycles. The summed E-state index contributed by atoms with van der Waals surface area (Å²) in [5.41, 5.74) is 1.75. The van der Waals surface area contributed by atoms with Gasteiger partial charge in [0.05, 0.1) is 18.3 Å². The second-order valence-corrected chi connectivity index (χ2v) is 5.61. The lowest BCUT2D eigenvalue weighted by molar-refractivity contribution is 0.0226. The van der Waals surface area contributed by atoms with Gasteiger partial charge in [-0.2, -0.15) is 0 Å². The van der Waals surface area contributed by atoms with Gasteiger partial charge < -0.3 is 9.47 Å². The predicted octanol–water partition coefficient (Wildman–Crippen LogP) is 4.15. The van der Waals surface area contributed by atoms with Crippen molar-refractivity contribution in [1.82, 2.24) is 0 Å². The van der Waals surface area contributed by atoms with Crippen LogP contribution in [0, 0.1) is 0 Å². The maximum Gasteiger partial charge on any atom is 0.338 e. The van der Waals surface area contributed by atoms with Crippen LogP contribution in [0.25, 0.3) is 0 Å². The second-order valence-electron chi connectivity index (χ2n) is 5.61. The lowest BCUT2D eigenvalue weighted by Gasteiger charge is -2.23. The highest BCUT2D eigenvalue weighted by Gasteiger charge is 2.20. The predicted molar refractivity (Wildman–Crippen MR) is 89.0 cm³/mol. The molecule has 0 saturated heterocycles. The van der Waals surface area contributed by atoms with Crippen LogP contribution in [0.1, 0.15) is 28.8 Å². The van der Waals surface area contributed by atoms with Crippen LogP contribution in [0.4, 0.5) is 0 Å². The summed E-state index contributed by atoms with van der Waals surface area (Å²) in [7, 11) is 0. The van der Waals surface area contributed by atoms with Crippen LogP contribution in [0.15, 0.2) is 72.8 Å². The van der Waals surface area contributed by atoms with E-state index in [1.54, 1.807) is 12.1 Å². The van der Waals surface area contributed by atoms with Crippen molar-refractivity contribution in [1.29, 1.82) is 0 Å². The molecule has 118 valence electrons. The zero-order chi connectivity index (χ0) is 15.9. The van der Waals surface area contributed by atoms with E-state index in [4.69, 9.17) is 9.47 Å². The number of hydrogen-bond acceptors (Lipinski definition) is 3. The van der Waals surface area contributed by atoms with Crippen LogP contribution >= 0.6 is 0 Å². The summed E-state index contributed by atoms with van der Waals surface area (Å²) in [6.45, 7) is 0.602. The van der Waals surface area contributed by atoms with Gasteiger partial charge in [-0.05, 0) is 36.6 Å². The molecule has 23 heavy (non-hydrogen) atoms. The quantitative estimate of drug-likeness (QED) is 0.615. The molecule has 0 radical (unpaired) electrons. The summed E-state index contributed by atoms with van der Waals surface area (Å²) in [5.74, 6) is -0.274. The average molecular weight is 308 g/mol. The van der Waals surface area contributed by atoms with Crippen molar-refractivity contribution in [2.45, 2.75) is 31.7 Å². The number of hydrogen-bond donors (Lipinski definition) is 0. The van der Waals surface area contributed by atoms with Crippen molar-refractivity contribution in [3.8, 4) is 0 Å². The fraction of sp³-hybridized carbons (Fsp3) is 0.250. The molecule has 0 amide bonds. The third kappa shape index (κ3) is 4.54. The molecule has 2 atom stereocenters. The van der Waals surface area contributed by atoms with Gasteiger partial charge in [0.25, 0.3) is 0 Å². The Labute approximate surface area is 136 Å². The third-order valence-corrected chi connectivity index (χ3v) is 3.85. The first-order valence-electron chi connectivity index (χ1n) is 7.91. The van der Waals surface area contributed by atoms with E-state index in [1.165, 1.54) is 5.56 Å². The highest BCUT2D eigenvalue weighted by molar-refractivity contribution is 5.89. The first-order chi connectivity index (χ1) is 11.3. The molecule has 2 aromatic carbocycles. The molecule has 2 aromatic rings. The smallest absolute Gasteiger partial charge is 0.338 e. The van der Waals surface area contributed by atoms with E-state index in [1.807, 2.05) is 48.6 Å². The molecular formula is C20H20O3. The van der Waals surface area contributed by atoms with Gasteiger partial charge in [0.2, 0.25) is 0 Å². The monoisotopic (exact) mass is 308 g/mol. The summed E-state index contributed by atoms with van der Waals surface area (Å²) < 4.78 is 11.4. The summed E-state index contributed by atoms with van der Waals surface area (Å²) in [4.78, 5) is 12.0. The SMILES string of the molecule is O=C(O[C@H]1C=C[C@H](OCc2ccccc2)CC1)c1ccccc1. The molecule has 0 N–H and O–H groups in total. The van der Waals surface area contributed by atoms with E-state index in [9.17, 15) is 4.79 Å². The maximum absolute atomic E-state index is 12.0. The Kier molecular flexibility index (Phi) is 5.22. The van der Waals surface area contributed by atoms with Crippen LogP contribution in [-0.2, 0) is 16.1 Å². The van der Waals surface area contributed by atoms with Crippen molar-refractivity contribution >= 4 is 5.97 Å². The molecule has 0 unspecified atom stereocenters. The van der Waals surface area contributed by atoms with Crippen molar-refractivity contribution in [2.24, 2.45) is 0 Å². The molecule has 3 nitrogen and oxygen atoms in total. The van der Waals surface area contributed by atoms with Crippen molar-refractivity contribution in [2.75, 3.05) is 0 Å². The summed E-state index contributed by atoms with van der Waals surface area (Å²) in [6, 6.07) is 19.2. The zero-order valence-electron chi connectivity index (χ0n) is 12.9. The number of esters is 1. The van der Waals surface area contributed by atoms with Gasteiger partial charge >= 0.3 is 5.97 Å². The van der Waals surface area contributed by atoms with Gasteiger partial charge in [0.1, 0.15) is 6.10 Å². The Morgan fingerprint density at radius 3 is 2.13 bits per heavy atom. The highest BCUT2D eigenvalue weighted by Crippen LogP contribution is 2.19. The maximum atomic E-state index is 12.0. The van der Waals surface area contributed by atoms with E-state index < -0.39 is 0 Å². The van der Waals surface area contributed by atoms with Gasteiger partial charge in [-0.15, -0.1) is 0 Å². The van der Waals surface area contributed by atoms with Crippen LogP contribution < -0.4 is 0 Å². The Hall–Kier alpha value is -2.39. The van der Waals surface area contributed by atoms with Crippen molar-refractivity contribution in [3.05, 3.63) is 83.9 Å². The fourth-order valence-electron chi connectivity index (χ4n) is 2.56. The molecule has 0 heterocycles. The largest absolute Gasteiger partial charge is 0.455 e. The Morgan fingerprint density at radius 2 is 1.48 bits per heavy atom. The molecule has 0 spiro atoms. The third-order valence-electron chi connectivity index (χ3n) is 3.85. The summed E-state index contributed by atoms with van der Waals surface area (Å²) >= 11 is 0. The van der Waals surface area contributed by atoms with Gasteiger partial charge in [-0.3, -0.25) is 0 Å². The second kappa shape index (κ2) is 7.75. The highest BCUT2D eigenvalue weighted by atomic mass is 16.5. The van der Waals surface area contributed by atoms with Crippen molar-refractivity contribution < 1.29 is 14.3 Å². The van der Waals surface area contributed by atoms with Gasteiger partial charge in [0.15, 0.2) is 0 Å². The molecule has 1 aliphatic rings. The lowest BCUT2D eigenvalue weighted by atomic mass is 10.0. The molecule has 1 aliphatic carbocycles. The summed E-state index contributed by atoms with van der Waals surface area (Å²) in [6.07, 6.45) is 5.49. The van der Waals surface area contributed by atoms with Gasteiger partial charge in [-0.1, -0.05) is 54.6 Å². The number of rotatable bonds is 5. The van der Waals surface area contributed by atoms with E-state index in [2.05, 4.69) is 12.1 Å². The van der Waals surface area contributed by atoms with Gasteiger partial charge in [-0.25, -0.2) is 4.79 Å². The minimum absolute atomic E-state index is 0.0851. The molecule has 3 rings (SSSR count). The fourth-order valence-corrected chi connectivity index (χ4v) is 2.56. The average Bonchev–Trinajstić information content (AvgIpc) is 2.63. The number of benzene rings is 2.